The van der Waals surface area contributed by atoms with Crippen molar-refractivity contribution in [2.45, 2.75) is 6.61 Å². The average molecular weight is 429 g/mol. The van der Waals surface area contributed by atoms with Gasteiger partial charge in [-0.1, -0.05) is 47.5 Å². The second-order valence-electron chi connectivity index (χ2n) is 6.03. The Morgan fingerprint density at radius 3 is 2.62 bits per heavy atom. The molecule has 0 saturated carbocycles. The number of halogens is 2. The van der Waals surface area contributed by atoms with Crippen molar-refractivity contribution < 1.29 is 14.3 Å². The van der Waals surface area contributed by atoms with E-state index < -0.39 is 0 Å². The third kappa shape index (κ3) is 5.98. The van der Waals surface area contributed by atoms with Gasteiger partial charge in [-0.05, 0) is 48.0 Å². The molecule has 1 amide bonds. The Hall–Kier alpha value is -3.02. The molecule has 0 aromatic heterocycles. The molecule has 0 atom stereocenters. The Morgan fingerprint density at radius 2 is 1.83 bits per heavy atom. The Labute approximate surface area is 178 Å². The normalized spacial score (nSPS) is 10.7. The van der Waals surface area contributed by atoms with Crippen LogP contribution in [0.2, 0.25) is 10.0 Å². The summed E-state index contributed by atoms with van der Waals surface area (Å²) in [6.07, 6.45) is 1.54. The summed E-state index contributed by atoms with van der Waals surface area (Å²) in [5.74, 6) is 0.927. The molecule has 3 rings (SSSR count). The zero-order chi connectivity index (χ0) is 20.6. The quantitative estimate of drug-likeness (QED) is 0.407. The van der Waals surface area contributed by atoms with Crippen LogP contribution >= 0.6 is 23.2 Å². The maximum atomic E-state index is 12.2. The molecule has 0 aliphatic carbocycles. The van der Waals surface area contributed by atoms with Gasteiger partial charge in [0.2, 0.25) is 0 Å². The van der Waals surface area contributed by atoms with Crippen LogP contribution in [0.15, 0.2) is 71.8 Å². The molecule has 0 heterocycles. The van der Waals surface area contributed by atoms with Gasteiger partial charge in [-0.15, -0.1) is 0 Å². The number of amides is 1. The van der Waals surface area contributed by atoms with Gasteiger partial charge in [0.25, 0.3) is 5.91 Å². The average Bonchev–Trinajstić information content (AvgIpc) is 2.73. The van der Waals surface area contributed by atoms with E-state index in [1.54, 1.807) is 49.7 Å². The lowest BCUT2D eigenvalue weighted by Gasteiger charge is -2.08. The Bertz CT molecular complexity index is 1040. The Balaban J connectivity index is 1.59. The van der Waals surface area contributed by atoms with Gasteiger partial charge in [0.15, 0.2) is 0 Å². The lowest BCUT2D eigenvalue weighted by molar-refractivity contribution is 0.0955. The fourth-order valence-corrected chi connectivity index (χ4v) is 2.94. The number of hydrogen-bond acceptors (Lipinski definition) is 4. The zero-order valence-corrected chi connectivity index (χ0v) is 17.1. The fraction of sp³-hybridized carbons (Fsp3) is 0.0909. The summed E-state index contributed by atoms with van der Waals surface area (Å²) < 4.78 is 10.9. The predicted octanol–water partition coefficient (Wildman–Crippen LogP) is 5.34. The first-order chi connectivity index (χ1) is 14.0. The van der Waals surface area contributed by atoms with Crippen LogP contribution in [0.3, 0.4) is 0 Å². The van der Waals surface area contributed by atoms with Crippen molar-refractivity contribution in [2.75, 3.05) is 7.11 Å². The molecule has 0 fully saturated rings. The van der Waals surface area contributed by atoms with Gasteiger partial charge in [-0.2, -0.15) is 5.10 Å². The molecule has 0 saturated heterocycles. The second-order valence-corrected chi connectivity index (χ2v) is 6.87. The van der Waals surface area contributed by atoms with E-state index in [0.717, 1.165) is 11.1 Å². The minimum atomic E-state index is -0.329. The number of nitrogens with zero attached hydrogens (tertiary/aromatic N) is 1. The second kappa shape index (κ2) is 9.96. The maximum Gasteiger partial charge on any atom is 0.271 e. The number of carbonyl (C=O) groups is 1. The van der Waals surface area contributed by atoms with E-state index in [-0.39, 0.29) is 5.91 Å². The van der Waals surface area contributed by atoms with Crippen LogP contribution in [0.4, 0.5) is 0 Å². The van der Waals surface area contributed by atoms with Gasteiger partial charge in [-0.3, -0.25) is 4.79 Å². The minimum absolute atomic E-state index is 0.309. The first kappa shape index (κ1) is 20.7. The van der Waals surface area contributed by atoms with Gasteiger partial charge >= 0.3 is 0 Å². The van der Waals surface area contributed by atoms with Gasteiger partial charge in [0.1, 0.15) is 18.1 Å². The molecule has 148 valence electrons. The summed E-state index contributed by atoms with van der Waals surface area (Å²) in [5.41, 5.74) is 4.56. The smallest absolute Gasteiger partial charge is 0.271 e. The third-order valence-electron chi connectivity index (χ3n) is 3.98. The van der Waals surface area contributed by atoms with E-state index in [1.165, 1.54) is 0 Å². The molecule has 0 radical (unpaired) electrons. The summed E-state index contributed by atoms with van der Waals surface area (Å²) in [6, 6.07) is 19.4. The highest BCUT2D eigenvalue weighted by Crippen LogP contribution is 2.23. The topological polar surface area (TPSA) is 59.9 Å². The molecule has 5 nitrogen and oxygen atoms in total. The molecule has 0 bridgehead atoms. The molecule has 29 heavy (non-hydrogen) atoms. The number of ether oxygens (including phenoxy) is 2. The third-order valence-corrected chi connectivity index (χ3v) is 4.57. The van der Waals surface area contributed by atoms with E-state index in [2.05, 4.69) is 10.5 Å². The lowest BCUT2D eigenvalue weighted by atomic mass is 10.2. The summed E-state index contributed by atoms with van der Waals surface area (Å²) >= 11 is 12.1. The number of rotatable bonds is 7. The van der Waals surface area contributed by atoms with Crippen LogP contribution in [0.25, 0.3) is 0 Å². The highest BCUT2D eigenvalue weighted by molar-refractivity contribution is 6.35. The van der Waals surface area contributed by atoms with Gasteiger partial charge in [-0.25, -0.2) is 5.43 Å². The van der Waals surface area contributed by atoms with E-state index >= 15 is 0 Å². The first-order valence-electron chi connectivity index (χ1n) is 8.69. The summed E-state index contributed by atoms with van der Waals surface area (Å²) in [4.78, 5) is 12.2. The molecular weight excluding hydrogens is 411 g/mol. The van der Waals surface area contributed by atoms with Crippen molar-refractivity contribution >= 4 is 35.3 Å². The van der Waals surface area contributed by atoms with Gasteiger partial charge in [0, 0.05) is 21.2 Å². The number of carbonyl (C=O) groups excluding carboxylic acids is 1. The van der Waals surface area contributed by atoms with Crippen LogP contribution in [-0.2, 0) is 6.61 Å². The van der Waals surface area contributed by atoms with Gasteiger partial charge < -0.3 is 9.47 Å². The van der Waals surface area contributed by atoms with Crippen LogP contribution in [0, 0.1) is 0 Å². The molecule has 3 aromatic carbocycles. The van der Waals surface area contributed by atoms with Gasteiger partial charge in [0.05, 0.1) is 13.3 Å². The highest BCUT2D eigenvalue weighted by atomic mass is 35.5. The fourth-order valence-electron chi connectivity index (χ4n) is 2.48. The number of benzene rings is 3. The Morgan fingerprint density at radius 1 is 1.03 bits per heavy atom. The molecule has 0 unspecified atom stereocenters. The van der Waals surface area contributed by atoms with Crippen LogP contribution in [-0.4, -0.2) is 19.2 Å². The van der Waals surface area contributed by atoms with Crippen molar-refractivity contribution in [3.05, 3.63) is 93.5 Å². The van der Waals surface area contributed by atoms with E-state index in [1.807, 2.05) is 30.3 Å². The molecule has 0 aliphatic heterocycles. The number of hydrazone groups is 1. The van der Waals surface area contributed by atoms with Crippen LogP contribution in [0.1, 0.15) is 21.5 Å². The highest BCUT2D eigenvalue weighted by Gasteiger charge is 2.05. The van der Waals surface area contributed by atoms with Crippen LogP contribution in [0.5, 0.6) is 11.5 Å². The summed E-state index contributed by atoms with van der Waals surface area (Å²) in [6.45, 7) is 0.309. The van der Waals surface area contributed by atoms with Crippen molar-refractivity contribution in [2.24, 2.45) is 5.10 Å². The standard InChI is InChI=1S/C22H18Cl2N2O3/c1-28-19-6-3-5-16(11-19)22(27)26-25-13-15-4-2-7-20(10-15)29-14-17-8-9-18(23)12-21(17)24/h2-13H,14H2,1H3,(H,26,27)/b25-13+. The molecule has 0 aliphatic rings. The van der Waals surface area contributed by atoms with E-state index in [0.29, 0.717) is 33.7 Å². The lowest BCUT2D eigenvalue weighted by Crippen LogP contribution is -2.17. The molecule has 1 N–H and O–H groups in total. The van der Waals surface area contributed by atoms with Crippen molar-refractivity contribution in [3.8, 4) is 11.5 Å². The molecule has 0 spiro atoms. The Kier molecular flexibility index (Phi) is 7.11. The first-order valence-corrected chi connectivity index (χ1v) is 9.45. The molecular formula is C22H18Cl2N2O3. The number of methoxy groups -OCH3 is 1. The van der Waals surface area contributed by atoms with Crippen molar-refractivity contribution in [1.82, 2.24) is 5.43 Å². The largest absolute Gasteiger partial charge is 0.497 e. The zero-order valence-electron chi connectivity index (χ0n) is 15.6. The molecule has 7 heteroatoms. The monoisotopic (exact) mass is 428 g/mol. The SMILES string of the molecule is COc1cccc(C(=O)N/N=C/c2cccc(OCc3ccc(Cl)cc3Cl)c2)c1. The molecule has 3 aromatic rings. The van der Waals surface area contributed by atoms with E-state index in [9.17, 15) is 4.79 Å². The van der Waals surface area contributed by atoms with Crippen molar-refractivity contribution in [3.63, 3.8) is 0 Å². The summed E-state index contributed by atoms with van der Waals surface area (Å²) in [5, 5.41) is 5.13. The number of hydrogen-bond donors (Lipinski definition) is 1. The predicted molar refractivity (Wildman–Crippen MR) is 115 cm³/mol. The van der Waals surface area contributed by atoms with Crippen LogP contribution < -0.4 is 14.9 Å². The minimum Gasteiger partial charge on any atom is -0.497 e. The van der Waals surface area contributed by atoms with E-state index in [4.69, 9.17) is 32.7 Å². The number of nitrogens with one attached hydrogen (secondary N) is 1. The maximum absolute atomic E-state index is 12.2. The summed E-state index contributed by atoms with van der Waals surface area (Å²) in [7, 11) is 1.55. The van der Waals surface area contributed by atoms with Crippen molar-refractivity contribution in [1.29, 1.82) is 0 Å².